The van der Waals surface area contributed by atoms with Crippen LogP contribution in [0, 0.1) is 17.8 Å². The van der Waals surface area contributed by atoms with E-state index in [1.165, 1.54) is 13.4 Å². The second kappa shape index (κ2) is 8.27. The topological polar surface area (TPSA) is 158 Å². The van der Waals surface area contributed by atoms with Crippen LogP contribution in [0.15, 0.2) is 11.8 Å². The average Bonchev–Trinajstić information content (AvgIpc) is 2.96. The molecule has 2 aliphatic heterocycles. The van der Waals surface area contributed by atoms with Crippen LogP contribution in [0.2, 0.25) is 0 Å². The Morgan fingerprint density at radius 1 is 1.15 bits per heavy atom. The van der Waals surface area contributed by atoms with Crippen LogP contribution in [-0.2, 0) is 18.9 Å². The Labute approximate surface area is 156 Å². The maximum Gasteiger partial charge on any atom is 0.205 e. The van der Waals surface area contributed by atoms with Gasteiger partial charge in [0, 0.05) is 18.6 Å². The van der Waals surface area contributed by atoms with Crippen molar-refractivity contribution in [1.29, 1.82) is 0 Å². The largest absolute Gasteiger partial charge is 0.472 e. The lowest BCUT2D eigenvalue weighted by molar-refractivity contribution is -0.343. The standard InChI is InChI=1S/C17H28O10/c1-6-9(19)3-7-8(15(23)24-2)5-25-16(11(6)7)27-17-14(22)13(21)12(20)10(4-18)26-17/h5-7,9-23H,3-4H2,1-2H3/t6-,7-,9+,10-,11-,12-,13+,14-,15+,16+,17+/m1/s1. The molecule has 1 saturated carbocycles. The first-order valence-corrected chi connectivity index (χ1v) is 9.00. The summed E-state index contributed by atoms with van der Waals surface area (Å²) >= 11 is 0. The molecule has 6 N–H and O–H groups in total. The van der Waals surface area contributed by atoms with Gasteiger partial charge in [-0.2, -0.15) is 0 Å². The monoisotopic (exact) mass is 392 g/mol. The molecular weight excluding hydrogens is 364 g/mol. The summed E-state index contributed by atoms with van der Waals surface area (Å²) in [5, 5.41) is 59.6. The van der Waals surface area contributed by atoms with Crippen molar-refractivity contribution in [2.75, 3.05) is 13.7 Å². The number of hydrogen-bond acceptors (Lipinski definition) is 10. The highest BCUT2D eigenvalue weighted by Gasteiger charge is 2.53. The molecule has 10 nitrogen and oxygen atoms in total. The second-order valence-electron chi connectivity index (χ2n) is 7.39. The van der Waals surface area contributed by atoms with Crippen molar-refractivity contribution in [3.05, 3.63) is 11.8 Å². The van der Waals surface area contributed by atoms with Crippen molar-refractivity contribution in [3.8, 4) is 0 Å². The lowest BCUT2D eigenvalue weighted by atomic mass is 9.83. The Hall–Kier alpha value is -0.820. The molecule has 0 spiro atoms. The van der Waals surface area contributed by atoms with Gasteiger partial charge in [0.15, 0.2) is 12.6 Å². The molecule has 2 heterocycles. The predicted molar refractivity (Wildman–Crippen MR) is 87.6 cm³/mol. The Morgan fingerprint density at radius 2 is 1.85 bits per heavy atom. The van der Waals surface area contributed by atoms with Gasteiger partial charge in [0.05, 0.1) is 19.0 Å². The zero-order valence-electron chi connectivity index (χ0n) is 15.2. The van der Waals surface area contributed by atoms with Crippen LogP contribution >= 0.6 is 0 Å². The van der Waals surface area contributed by atoms with Gasteiger partial charge in [-0.3, -0.25) is 0 Å². The van der Waals surface area contributed by atoms with Crippen molar-refractivity contribution < 1.29 is 49.6 Å². The summed E-state index contributed by atoms with van der Waals surface area (Å²) in [5.41, 5.74) is 0.486. The van der Waals surface area contributed by atoms with E-state index in [0.717, 1.165) is 0 Å². The van der Waals surface area contributed by atoms with Gasteiger partial charge in [-0.15, -0.1) is 0 Å². The molecule has 11 atom stereocenters. The second-order valence-corrected chi connectivity index (χ2v) is 7.39. The Balaban J connectivity index is 1.79. The van der Waals surface area contributed by atoms with Crippen molar-refractivity contribution in [3.63, 3.8) is 0 Å². The van der Waals surface area contributed by atoms with E-state index in [1.807, 2.05) is 6.92 Å². The summed E-state index contributed by atoms with van der Waals surface area (Å²) in [7, 11) is 1.35. The number of hydrogen-bond donors (Lipinski definition) is 6. The number of aliphatic hydroxyl groups excluding tert-OH is 6. The van der Waals surface area contributed by atoms with Crippen LogP contribution in [0.25, 0.3) is 0 Å². The normalized spacial score (nSPS) is 48.5. The first kappa shape index (κ1) is 20.9. The van der Waals surface area contributed by atoms with Gasteiger partial charge >= 0.3 is 0 Å². The van der Waals surface area contributed by atoms with Gasteiger partial charge in [-0.1, -0.05) is 6.92 Å². The molecular formula is C17H28O10. The minimum atomic E-state index is -1.56. The summed E-state index contributed by atoms with van der Waals surface area (Å²) in [6.45, 7) is 1.26. The number of aliphatic hydroxyl groups is 6. The molecule has 0 unspecified atom stereocenters. The third kappa shape index (κ3) is 3.74. The molecule has 1 saturated heterocycles. The Kier molecular flexibility index (Phi) is 6.41. The Morgan fingerprint density at radius 3 is 2.48 bits per heavy atom. The van der Waals surface area contributed by atoms with E-state index in [1.54, 1.807) is 0 Å². The van der Waals surface area contributed by atoms with E-state index in [0.29, 0.717) is 12.0 Å². The fourth-order valence-corrected chi connectivity index (χ4v) is 4.19. The third-order valence-electron chi connectivity index (χ3n) is 5.88. The highest BCUT2D eigenvalue weighted by molar-refractivity contribution is 5.16. The number of methoxy groups -OCH3 is 1. The summed E-state index contributed by atoms with van der Waals surface area (Å²) in [6, 6.07) is 0. The number of rotatable bonds is 5. The molecule has 10 heteroatoms. The molecule has 0 radical (unpaired) electrons. The van der Waals surface area contributed by atoms with E-state index in [-0.39, 0.29) is 17.8 Å². The minimum Gasteiger partial charge on any atom is -0.472 e. The zero-order chi connectivity index (χ0) is 19.9. The lowest BCUT2D eigenvalue weighted by Gasteiger charge is -2.43. The van der Waals surface area contributed by atoms with Crippen LogP contribution < -0.4 is 0 Å². The van der Waals surface area contributed by atoms with Crippen LogP contribution in [-0.4, -0.2) is 93.7 Å². The van der Waals surface area contributed by atoms with Gasteiger partial charge in [-0.25, -0.2) is 0 Å². The van der Waals surface area contributed by atoms with Gasteiger partial charge in [0.25, 0.3) is 0 Å². The maximum absolute atomic E-state index is 10.3. The molecule has 0 amide bonds. The molecule has 156 valence electrons. The highest BCUT2D eigenvalue weighted by Crippen LogP contribution is 2.48. The first-order valence-electron chi connectivity index (χ1n) is 9.00. The lowest BCUT2D eigenvalue weighted by Crippen LogP contribution is -2.60. The first-order chi connectivity index (χ1) is 12.8. The molecule has 27 heavy (non-hydrogen) atoms. The van der Waals surface area contributed by atoms with Gasteiger partial charge in [-0.05, 0) is 18.3 Å². The predicted octanol–water partition coefficient (Wildman–Crippen LogP) is -2.36. The molecule has 3 rings (SSSR count). The zero-order valence-corrected chi connectivity index (χ0v) is 15.2. The van der Waals surface area contributed by atoms with Crippen LogP contribution in [0.5, 0.6) is 0 Å². The minimum absolute atomic E-state index is 0.238. The summed E-state index contributed by atoms with van der Waals surface area (Å²) < 4.78 is 21.7. The van der Waals surface area contributed by atoms with E-state index < -0.39 is 56.0 Å². The molecule has 3 aliphatic rings. The van der Waals surface area contributed by atoms with E-state index in [9.17, 15) is 30.6 Å². The van der Waals surface area contributed by atoms with Crippen molar-refractivity contribution in [2.45, 2.75) is 62.7 Å². The van der Waals surface area contributed by atoms with Crippen LogP contribution in [0.3, 0.4) is 0 Å². The van der Waals surface area contributed by atoms with E-state index in [2.05, 4.69) is 0 Å². The number of fused-ring (bicyclic) bond motifs is 1. The van der Waals surface area contributed by atoms with Crippen LogP contribution in [0.4, 0.5) is 0 Å². The summed E-state index contributed by atoms with van der Waals surface area (Å²) in [4.78, 5) is 0. The average molecular weight is 392 g/mol. The Bertz CT molecular complexity index is 540. The molecule has 2 fully saturated rings. The SMILES string of the molecule is CO[C@H](O)C1=CO[C@@H](O[C@@H]2O[C@H](CO)[C@@H](O)[C@H](O)[C@H]2O)[C@@H]2[C@H](C)[C@@H](O)C[C@H]12. The smallest absolute Gasteiger partial charge is 0.205 e. The third-order valence-corrected chi connectivity index (χ3v) is 5.88. The van der Waals surface area contributed by atoms with Gasteiger partial charge < -0.3 is 49.6 Å². The summed E-state index contributed by atoms with van der Waals surface area (Å²) in [6.07, 6.45) is -8.10. The fraction of sp³-hybridized carbons (Fsp3) is 0.882. The summed E-state index contributed by atoms with van der Waals surface area (Å²) in [5.74, 6) is -0.872. The molecule has 0 bridgehead atoms. The van der Waals surface area contributed by atoms with E-state index in [4.69, 9.17) is 18.9 Å². The maximum atomic E-state index is 10.3. The van der Waals surface area contributed by atoms with Gasteiger partial charge in [0.2, 0.25) is 6.29 Å². The molecule has 0 aromatic heterocycles. The molecule has 0 aromatic carbocycles. The van der Waals surface area contributed by atoms with Crippen molar-refractivity contribution in [1.82, 2.24) is 0 Å². The van der Waals surface area contributed by atoms with Gasteiger partial charge in [0.1, 0.15) is 24.4 Å². The number of ether oxygens (including phenoxy) is 4. The quantitative estimate of drug-likeness (QED) is 0.280. The highest BCUT2D eigenvalue weighted by atomic mass is 16.8. The molecule has 0 aromatic rings. The van der Waals surface area contributed by atoms with Crippen molar-refractivity contribution >= 4 is 0 Å². The van der Waals surface area contributed by atoms with Crippen molar-refractivity contribution in [2.24, 2.45) is 17.8 Å². The van der Waals surface area contributed by atoms with Crippen LogP contribution in [0.1, 0.15) is 13.3 Å². The fourth-order valence-electron chi connectivity index (χ4n) is 4.19. The van der Waals surface area contributed by atoms with E-state index >= 15 is 0 Å². The molecule has 1 aliphatic carbocycles.